The number of carbonyl (C=O) groups excluding carboxylic acids is 1. The normalized spacial score (nSPS) is 11.5. The minimum Gasteiger partial charge on any atom is -0.383 e. The van der Waals surface area contributed by atoms with Crippen LogP contribution in [0.25, 0.3) is 0 Å². The van der Waals surface area contributed by atoms with E-state index in [9.17, 15) is 4.79 Å². The maximum absolute atomic E-state index is 11.4. The fourth-order valence-corrected chi connectivity index (χ4v) is 1.04. The number of ether oxygens (including phenoxy) is 1. The Kier molecular flexibility index (Phi) is 9.14. The highest BCUT2D eigenvalue weighted by Gasteiger charge is 2.03. The maximum Gasteiger partial charge on any atom is 0.239 e. The van der Waals surface area contributed by atoms with Gasteiger partial charge in [0.2, 0.25) is 5.91 Å². The van der Waals surface area contributed by atoms with Crippen molar-refractivity contribution in [3.05, 3.63) is 0 Å². The largest absolute Gasteiger partial charge is 0.383 e. The van der Waals surface area contributed by atoms with Crippen LogP contribution in [-0.2, 0) is 9.53 Å². The minimum absolute atomic E-state index is 0.0745. The number of aliphatic imine (C=N–C) groups is 1. The molecule has 1 amide bonds. The Labute approximate surface area is 103 Å². The van der Waals surface area contributed by atoms with E-state index in [1.165, 1.54) is 0 Å². The number of carbonyl (C=O) groups is 1. The molecular formula is C11H24N4O2. The average Bonchev–Trinajstić information content (AvgIpc) is 2.29. The minimum atomic E-state index is -0.0745. The molecule has 6 heteroatoms. The van der Waals surface area contributed by atoms with Gasteiger partial charge in [0.1, 0.15) is 0 Å². The lowest BCUT2D eigenvalue weighted by Gasteiger charge is -2.13. The zero-order chi connectivity index (χ0) is 13.1. The Morgan fingerprint density at radius 3 is 2.53 bits per heavy atom. The summed E-state index contributed by atoms with van der Waals surface area (Å²) in [5.74, 6) is 1.10. The molecule has 0 aliphatic carbocycles. The van der Waals surface area contributed by atoms with Crippen LogP contribution in [0.3, 0.4) is 0 Å². The van der Waals surface area contributed by atoms with Crippen molar-refractivity contribution in [2.75, 3.05) is 40.4 Å². The number of nitrogens with one attached hydrogen (secondary N) is 3. The number of hydrogen-bond acceptors (Lipinski definition) is 3. The van der Waals surface area contributed by atoms with E-state index in [2.05, 4.69) is 34.8 Å². The van der Waals surface area contributed by atoms with Crippen LogP contribution in [0.2, 0.25) is 0 Å². The first-order valence-electron chi connectivity index (χ1n) is 5.80. The second-order valence-electron chi connectivity index (χ2n) is 4.04. The third-order valence-electron chi connectivity index (χ3n) is 1.95. The van der Waals surface area contributed by atoms with Crippen LogP contribution in [0.4, 0.5) is 0 Å². The van der Waals surface area contributed by atoms with E-state index in [0.717, 1.165) is 6.54 Å². The fraction of sp³-hybridized carbons (Fsp3) is 0.818. The summed E-state index contributed by atoms with van der Waals surface area (Å²) in [4.78, 5) is 15.4. The lowest BCUT2D eigenvalue weighted by atomic mass is 10.2. The fourth-order valence-electron chi connectivity index (χ4n) is 1.04. The van der Waals surface area contributed by atoms with E-state index in [0.29, 0.717) is 25.0 Å². The summed E-state index contributed by atoms with van der Waals surface area (Å²) >= 11 is 0. The first kappa shape index (κ1) is 15.7. The summed E-state index contributed by atoms with van der Waals surface area (Å²) in [5, 5.41) is 8.78. The Hall–Kier alpha value is -1.30. The van der Waals surface area contributed by atoms with E-state index in [4.69, 9.17) is 4.74 Å². The van der Waals surface area contributed by atoms with Gasteiger partial charge in [0.25, 0.3) is 0 Å². The zero-order valence-corrected chi connectivity index (χ0v) is 11.2. The van der Waals surface area contributed by atoms with Crippen LogP contribution in [0.1, 0.15) is 13.8 Å². The summed E-state index contributed by atoms with van der Waals surface area (Å²) in [6.07, 6.45) is 0. The van der Waals surface area contributed by atoms with Crippen LogP contribution in [0, 0.1) is 5.92 Å². The van der Waals surface area contributed by atoms with Crippen LogP contribution in [0.15, 0.2) is 4.99 Å². The van der Waals surface area contributed by atoms with E-state index in [-0.39, 0.29) is 12.5 Å². The third-order valence-corrected chi connectivity index (χ3v) is 1.95. The molecule has 3 N–H and O–H groups in total. The lowest BCUT2D eigenvalue weighted by Crippen LogP contribution is -2.44. The Morgan fingerprint density at radius 2 is 2.00 bits per heavy atom. The molecule has 0 bridgehead atoms. The summed E-state index contributed by atoms with van der Waals surface area (Å²) in [5.41, 5.74) is 0. The predicted octanol–water partition coefficient (Wildman–Crippen LogP) is -0.430. The molecule has 0 aromatic heterocycles. The van der Waals surface area contributed by atoms with Crippen molar-refractivity contribution in [2.24, 2.45) is 10.9 Å². The number of nitrogens with zero attached hydrogens (tertiary/aromatic N) is 1. The van der Waals surface area contributed by atoms with Crippen LogP contribution in [0.5, 0.6) is 0 Å². The van der Waals surface area contributed by atoms with Crippen molar-refractivity contribution in [1.82, 2.24) is 16.0 Å². The smallest absolute Gasteiger partial charge is 0.239 e. The molecule has 0 heterocycles. The van der Waals surface area contributed by atoms with E-state index in [1.54, 1.807) is 14.2 Å². The van der Waals surface area contributed by atoms with Crippen molar-refractivity contribution in [3.8, 4) is 0 Å². The molecule has 0 aliphatic heterocycles. The molecule has 0 radical (unpaired) electrons. The van der Waals surface area contributed by atoms with Gasteiger partial charge in [-0.2, -0.15) is 0 Å². The van der Waals surface area contributed by atoms with Gasteiger partial charge in [-0.25, -0.2) is 0 Å². The lowest BCUT2D eigenvalue weighted by molar-refractivity contribution is -0.120. The second-order valence-corrected chi connectivity index (χ2v) is 4.04. The topological polar surface area (TPSA) is 74.8 Å². The Bertz CT molecular complexity index is 242. The molecule has 0 aromatic carbocycles. The van der Waals surface area contributed by atoms with Gasteiger partial charge in [-0.05, 0) is 5.92 Å². The molecular weight excluding hydrogens is 220 g/mol. The first-order valence-corrected chi connectivity index (χ1v) is 5.80. The van der Waals surface area contributed by atoms with Crippen LogP contribution in [-0.4, -0.2) is 52.3 Å². The first-order chi connectivity index (χ1) is 8.10. The molecule has 0 saturated heterocycles. The number of methoxy groups -OCH3 is 1. The Balaban J connectivity index is 3.71. The van der Waals surface area contributed by atoms with Gasteiger partial charge < -0.3 is 20.7 Å². The van der Waals surface area contributed by atoms with E-state index < -0.39 is 0 Å². The molecule has 0 rings (SSSR count). The number of guanidine groups is 1. The summed E-state index contributed by atoms with van der Waals surface area (Å²) in [6.45, 7) is 6.29. The monoisotopic (exact) mass is 244 g/mol. The van der Waals surface area contributed by atoms with Gasteiger partial charge in [0, 0.05) is 27.2 Å². The predicted molar refractivity (Wildman–Crippen MR) is 69.1 cm³/mol. The maximum atomic E-state index is 11.4. The highest BCUT2D eigenvalue weighted by Crippen LogP contribution is 1.86. The van der Waals surface area contributed by atoms with Crippen molar-refractivity contribution in [3.63, 3.8) is 0 Å². The van der Waals surface area contributed by atoms with E-state index in [1.807, 2.05) is 0 Å². The van der Waals surface area contributed by atoms with Crippen molar-refractivity contribution >= 4 is 11.9 Å². The van der Waals surface area contributed by atoms with Gasteiger partial charge in [0.05, 0.1) is 13.2 Å². The molecule has 17 heavy (non-hydrogen) atoms. The highest BCUT2D eigenvalue weighted by atomic mass is 16.5. The molecule has 0 fully saturated rings. The average molecular weight is 244 g/mol. The number of hydrogen-bond donors (Lipinski definition) is 3. The van der Waals surface area contributed by atoms with Crippen LogP contribution >= 0.6 is 0 Å². The van der Waals surface area contributed by atoms with Crippen molar-refractivity contribution < 1.29 is 9.53 Å². The van der Waals surface area contributed by atoms with Gasteiger partial charge >= 0.3 is 0 Å². The summed E-state index contributed by atoms with van der Waals surface area (Å²) in [7, 11) is 3.28. The van der Waals surface area contributed by atoms with Gasteiger partial charge in [-0.1, -0.05) is 13.8 Å². The van der Waals surface area contributed by atoms with Crippen molar-refractivity contribution in [1.29, 1.82) is 0 Å². The summed E-state index contributed by atoms with van der Waals surface area (Å²) < 4.78 is 4.83. The number of amides is 1. The molecule has 0 aliphatic rings. The quantitative estimate of drug-likeness (QED) is 0.323. The van der Waals surface area contributed by atoms with Crippen molar-refractivity contribution in [2.45, 2.75) is 13.8 Å². The molecule has 0 saturated carbocycles. The molecule has 0 aromatic rings. The molecule has 0 spiro atoms. The zero-order valence-electron chi connectivity index (χ0n) is 11.2. The summed E-state index contributed by atoms with van der Waals surface area (Å²) in [6, 6.07) is 0. The van der Waals surface area contributed by atoms with Gasteiger partial charge in [-0.3, -0.25) is 9.79 Å². The van der Waals surface area contributed by atoms with Crippen LogP contribution < -0.4 is 16.0 Å². The second kappa shape index (κ2) is 9.89. The molecule has 0 unspecified atom stereocenters. The third kappa shape index (κ3) is 9.62. The van der Waals surface area contributed by atoms with Gasteiger partial charge in [0.15, 0.2) is 5.96 Å². The highest BCUT2D eigenvalue weighted by molar-refractivity contribution is 5.86. The molecule has 0 atom stereocenters. The molecule has 100 valence electrons. The SMILES string of the molecule is CN=C(NCC(=O)NCCOC)NCC(C)C. The standard InChI is InChI=1S/C11H24N4O2/c1-9(2)7-14-11(12-3)15-8-10(16)13-5-6-17-4/h9H,5-8H2,1-4H3,(H,13,16)(H2,12,14,15). The van der Waals surface area contributed by atoms with E-state index >= 15 is 0 Å². The molecule has 6 nitrogen and oxygen atoms in total. The Morgan fingerprint density at radius 1 is 1.29 bits per heavy atom. The van der Waals surface area contributed by atoms with Gasteiger partial charge in [-0.15, -0.1) is 0 Å². The number of rotatable bonds is 7.